The zero-order valence-corrected chi connectivity index (χ0v) is 8.88. The van der Waals surface area contributed by atoms with Crippen LogP contribution in [0.1, 0.15) is 43.9 Å². The molecule has 2 nitrogen and oxygen atoms in total. The van der Waals surface area contributed by atoms with Crippen molar-refractivity contribution in [1.82, 2.24) is 5.32 Å². The molecule has 1 aromatic heterocycles. The van der Waals surface area contributed by atoms with Gasteiger partial charge in [-0.15, -0.1) is 0 Å². The third-order valence-corrected chi connectivity index (χ3v) is 3.10. The molecule has 2 heteroatoms. The Bertz CT molecular complexity index is 274. The van der Waals surface area contributed by atoms with E-state index in [1.807, 2.05) is 0 Å². The first-order valence-electron chi connectivity index (χ1n) is 5.68. The lowest BCUT2D eigenvalue weighted by Crippen LogP contribution is -2.25. The number of furan rings is 1. The zero-order chi connectivity index (χ0) is 9.80. The van der Waals surface area contributed by atoms with E-state index in [2.05, 4.69) is 18.3 Å². The van der Waals surface area contributed by atoms with Crippen molar-refractivity contribution in [1.29, 1.82) is 0 Å². The first-order valence-corrected chi connectivity index (χ1v) is 5.68. The van der Waals surface area contributed by atoms with Crippen molar-refractivity contribution in [3.63, 3.8) is 0 Å². The maximum atomic E-state index is 5.39. The molecule has 0 atom stereocenters. The SMILES string of the molecule is CCc1occc1CNC1CCCC1. The smallest absolute Gasteiger partial charge is 0.107 e. The summed E-state index contributed by atoms with van der Waals surface area (Å²) in [4.78, 5) is 0. The van der Waals surface area contributed by atoms with Gasteiger partial charge in [0.25, 0.3) is 0 Å². The second kappa shape index (κ2) is 4.65. The van der Waals surface area contributed by atoms with Crippen LogP contribution in [0, 0.1) is 0 Å². The molecular weight excluding hydrogens is 174 g/mol. The van der Waals surface area contributed by atoms with E-state index in [1.165, 1.54) is 31.2 Å². The molecule has 0 bridgehead atoms. The first kappa shape index (κ1) is 9.78. The van der Waals surface area contributed by atoms with Gasteiger partial charge in [-0.3, -0.25) is 0 Å². The highest BCUT2D eigenvalue weighted by molar-refractivity contribution is 5.16. The number of hydrogen-bond acceptors (Lipinski definition) is 2. The van der Waals surface area contributed by atoms with Crippen molar-refractivity contribution in [2.45, 2.75) is 51.6 Å². The van der Waals surface area contributed by atoms with E-state index in [1.54, 1.807) is 6.26 Å². The monoisotopic (exact) mass is 193 g/mol. The van der Waals surface area contributed by atoms with Crippen LogP contribution < -0.4 is 5.32 Å². The predicted molar refractivity (Wildman–Crippen MR) is 57.2 cm³/mol. The van der Waals surface area contributed by atoms with Crippen molar-refractivity contribution in [3.8, 4) is 0 Å². The molecule has 1 fully saturated rings. The molecular formula is C12H19NO. The highest BCUT2D eigenvalue weighted by Crippen LogP contribution is 2.19. The Morgan fingerprint density at radius 1 is 1.43 bits per heavy atom. The van der Waals surface area contributed by atoms with E-state index in [9.17, 15) is 0 Å². The Balaban J connectivity index is 1.84. The van der Waals surface area contributed by atoms with Crippen LogP contribution in [0.25, 0.3) is 0 Å². The zero-order valence-electron chi connectivity index (χ0n) is 8.88. The van der Waals surface area contributed by atoms with E-state index in [4.69, 9.17) is 4.42 Å². The largest absolute Gasteiger partial charge is 0.469 e. The number of aryl methyl sites for hydroxylation is 1. The molecule has 0 unspecified atom stereocenters. The van der Waals surface area contributed by atoms with E-state index in [0.29, 0.717) is 0 Å². The van der Waals surface area contributed by atoms with Gasteiger partial charge in [-0.05, 0) is 18.9 Å². The van der Waals surface area contributed by atoms with Gasteiger partial charge in [-0.1, -0.05) is 19.8 Å². The van der Waals surface area contributed by atoms with Gasteiger partial charge in [-0.25, -0.2) is 0 Å². The fraction of sp³-hybridized carbons (Fsp3) is 0.667. The van der Waals surface area contributed by atoms with Gasteiger partial charge in [0.15, 0.2) is 0 Å². The molecule has 0 spiro atoms. The Kier molecular flexibility index (Phi) is 3.25. The molecule has 1 heterocycles. The summed E-state index contributed by atoms with van der Waals surface area (Å²) in [5, 5.41) is 3.60. The second-order valence-electron chi connectivity index (χ2n) is 4.08. The predicted octanol–water partition coefficient (Wildman–Crippen LogP) is 2.87. The summed E-state index contributed by atoms with van der Waals surface area (Å²) in [6.07, 6.45) is 8.27. The molecule has 2 rings (SSSR count). The average Bonchev–Trinajstić information content (AvgIpc) is 2.85. The van der Waals surface area contributed by atoms with E-state index in [-0.39, 0.29) is 0 Å². The lowest BCUT2D eigenvalue weighted by Gasteiger charge is -2.10. The summed E-state index contributed by atoms with van der Waals surface area (Å²) in [7, 11) is 0. The fourth-order valence-electron chi connectivity index (χ4n) is 2.22. The van der Waals surface area contributed by atoms with E-state index < -0.39 is 0 Å². The van der Waals surface area contributed by atoms with Crippen molar-refractivity contribution in [2.75, 3.05) is 0 Å². The van der Waals surface area contributed by atoms with Crippen molar-refractivity contribution >= 4 is 0 Å². The third kappa shape index (κ3) is 2.18. The molecule has 0 aliphatic heterocycles. The van der Waals surface area contributed by atoms with Crippen molar-refractivity contribution in [3.05, 3.63) is 23.7 Å². The first-order chi connectivity index (χ1) is 6.90. The molecule has 0 saturated heterocycles. The average molecular weight is 193 g/mol. The van der Waals surface area contributed by atoms with Crippen LogP contribution in [0.5, 0.6) is 0 Å². The fourth-order valence-corrected chi connectivity index (χ4v) is 2.22. The van der Waals surface area contributed by atoms with Crippen LogP contribution in [-0.4, -0.2) is 6.04 Å². The van der Waals surface area contributed by atoms with Crippen LogP contribution in [0.2, 0.25) is 0 Å². The maximum absolute atomic E-state index is 5.39. The van der Waals surface area contributed by atoms with Gasteiger partial charge in [0.1, 0.15) is 5.76 Å². The molecule has 0 radical (unpaired) electrons. The quantitative estimate of drug-likeness (QED) is 0.795. The molecule has 14 heavy (non-hydrogen) atoms. The van der Waals surface area contributed by atoms with Crippen molar-refractivity contribution in [2.24, 2.45) is 0 Å². The Hall–Kier alpha value is -0.760. The number of nitrogens with one attached hydrogen (secondary N) is 1. The molecule has 1 aliphatic rings. The van der Waals surface area contributed by atoms with Crippen molar-refractivity contribution < 1.29 is 4.42 Å². The van der Waals surface area contributed by atoms with Gasteiger partial charge in [0.05, 0.1) is 6.26 Å². The summed E-state index contributed by atoms with van der Waals surface area (Å²) in [6.45, 7) is 3.11. The summed E-state index contributed by atoms with van der Waals surface area (Å²) in [5.41, 5.74) is 1.33. The lowest BCUT2D eigenvalue weighted by molar-refractivity contribution is 0.492. The van der Waals surface area contributed by atoms with Crippen LogP contribution in [0.3, 0.4) is 0 Å². The molecule has 1 N–H and O–H groups in total. The van der Waals surface area contributed by atoms with Gasteiger partial charge in [0.2, 0.25) is 0 Å². The standard InChI is InChI=1S/C12H19NO/c1-2-12-10(7-8-14-12)9-13-11-5-3-4-6-11/h7-8,11,13H,2-6,9H2,1H3. The summed E-state index contributed by atoms with van der Waals surface area (Å²) in [5.74, 6) is 1.13. The van der Waals surface area contributed by atoms with E-state index >= 15 is 0 Å². The number of rotatable bonds is 4. The van der Waals surface area contributed by atoms with Gasteiger partial charge < -0.3 is 9.73 Å². The summed E-state index contributed by atoms with van der Waals surface area (Å²) in [6, 6.07) is 2.83. The Morgan fingerprint density at radius 3 is 2.93 bits per heavy atom. The molecule has 0 aromatic carbocycles. The van der Waals surface area contributed by atoms with Gasteiger partial charge >= 0.3 is 0 Å². The third-order valence-electron chi connectivity index (χ3n) is 3.10. The summed E-state index contributed by atoms with van der Waals surface area (Å²) >= 11 is 0. The minimum Gasteiger partial charge on any atom is -0.469 e. The van der Waals surface area contributed by atoms with Gasteiger partial charge in [-0.2, -0.15) is 0 Å². The van der Waals surface area contributed by atoms with Crippen LogP contribution in [-0.2, 0) is 13.0 Å². The minimum absolute atomic E-state index is 0.745. The van der Waals surface area contributed by atoms with Crippen LogP contribution >= 0.6 is 0 Å². The van der Waals surface area contributed by atoms with E-state index in [0.717, 1.165) is 24.8 Å². The molecule has 1 saturated carbocycles. The maximum Gasteiger partial charge on any atom is 0.107 e. The Labute approximate surface area is 85.7 Å². The highest BCUT2D eigenvalue weighted by Gasteiger charge is 2.14. The Morgan fingerprint density at radius 2 is 2.21 bits per heavy atom. The second-order valence-corrected chi connectivity index (χ2v) is 4.08. The molecule has 78 valence electrons. The number of hydrogen-bond donors (Lipinski definition) is 1. The molecule has 0 amide bonds. The molecule has 1 aliphatic carbocycles. The minimum atomic E-state index is 0.745. The topological polar surface area (TPSA) is 25.2 Å². The highest BCUT2D eigenvalue weighted by atomic mass is 16.3. The lowest BCUT2D eigenvalue weighted by atomic mass is 10.2. The molecule has 1 aromatic rings. The van der Waals surface area contributed by atoms with Crippen LogP contribution in [0.4, 0.5) is 0 Å². The van der Waals surface area contributed by atoms with Gasteiger partial charge in [0, 0.05) is 24.6 Å². The summed E-state index contributed by atoms with van der Waals surface area (Å²) < 4.78 is 5.39. The normalized spacial score (nSPS) is 17.8. The van der Waals surface area contributed by atoms with Crippen LogP contribution in [0.15, 0.2) is 16.7 Å².